The highest BCUT2D eigenvalue weighted by molar-refractivity contribution is 5.46. The molecule has 2 aromatic rings. The molecule has 3 rings (SSSR count). The minimum atomic E-state index is -0.554. The first-order chi connectivity index (χ1) is 13.6. The molecule has 0 saturated heterocycles. The molecule has 0 atom stereocenters. The van der Waals surface area contributed by atoms with Crippen molar-refractivity contribution in [1.82, 2.24) is 0 Å². The molecule has 0 aliphatic heterocycles. The lowest BCUT2D eigenvalue weighted by atomic mass is 9.77. The van der Waals surface area contributed by atoms with E-state index in [1.807, 2.05) is 30.3 Å². The third-order valence-electron chi connectivity index (χ3n) is 5.86. The van der Waals surface area contributed by atoms with E-state index in [-0.39, 0.29) is 11.5 Å². The Morgan fingerprint density at radius 2 is 1.64 bits per heavy atom. The molecule has 0 nitrogen and oxygen atoms in total. The molecule has 1 saturated carbocycles. The molecule has 0 aromatic heterocycles. The van der Waals surface area contributed by atoms with Gasteiger partial charge in [0.25, 0.3) is 0 Å². The van der Waals surface area contributed by atoms with Crippen molar-refractivity contribution in [2.75, 3.05) is 0 Å². The highest BCUT2D eigenvalue weighted by atomic mass is 19.1. The van der Waals surface area contributed by atoms with Gasteiger partial charge in [0, 0.05) is 5.56 Å². The minimum absolute atomic E-state index is 0.136. The van der Waals surface area contributed by atoms with E-state index in [1.54, 1.807) is 0 Å². The van der Waals surface area contributed by atoms with Crippen molar-refractivity contribution < 1.29 is 8.78 Å². The van der Waals surface area contributed by atoms with Gasteiger partial charge in [0.15, 0.2) is 0 Å². The van der Waals surface area contributed by atoms with Crippen molar-refractivity contribution in [3.05, 3.63) is 82.9 Å². The summed E-state index contributed by atoms with van der Waals surface area (Å²) in [6.45, 7) is 5.87. The fourth-order valence-corrected chi connectivity index (χ4v) is 4.04. The van der Waals surface area contributed by atoms with Crippen LogP contribution in [0.4, 0.5) is 8.78 Å². The molecular weight excluding hydrogens is 350 g/mol. The lowest BCUT2D eigenvalue weighted by molar-refractivity contribution is 0.311. The second kappa shape index (κ2) is 9.69. The summed E-state index contributed by atoms with van der Waals surface area (Å²) in [6.07, 6.45) is 9.38. The molecule has 28 heavy (non-hydrogen) atoms. The molecule has 0 bridgehead atoms. The Hall–Kier alpha value is -2.40. The van der Waals surface area contributed by atoms with Gasteiger partial charge in [-0.3, -0.25) is 0 Å². The summed E-state index contributed by atoms with van der Waals surface area (Å²) in [5, 5.41) is 0. The van der Waals surface area contributed by atoms with E-state index < -0.39 is 11.6 Å². The highest BCUT2D eigenvalue weighted by Gasteiger charge is 2.23. The van der Waals surface area contributed by atoms with E-state index in [1.165, 1.54) is 24.1 Å². The average molecular weight is 379 g/mol. The van der Waals surface area contributed by atoms with E-state index in [2.05, 4.69) is 25.3 Å². The van der Waals surface area contributed by atoms with Crippen LogP contribution in [0, 0.1) is 29.4 Å². The monoisotopic (exact) mass is 378 g/mol. The number of aryl methyl sites for hydroxylation is 1. The molecule has 0 radical (unpaired) electrons. The molecular formula is C26H28F2. The summed E-state index contributed by atoms with van der Waals surface area (Å²) >= 11 is 0. The Balaban J connectivity index is 1.71. The maximum atomic E-state index is 14.6. The van der Waals surface area contributed by atoms with Crippen LogP contribution in [0.15, 0.2) is 49.1 Å². The summed E-state index contributed by atoms with van der Waals surface area (Å²) in [5.74, 6) is 5.42. The van der Waals surface area contributed by atoms with Gasteiger partial charge in [0.2, 0.25) is 0 Å². The van der Waals surface area contributed by atoms with Crippen molar-refractivity contribution in [3.8, 4) is 11.8 Å². The van der Waals surface area contributed by atoms with Crippen molar-refractivity contribution in [1.29, 1.82) is 0 Å². The zero-order valence-electron chi connectivity index (χ0n) is 16.6. The average Bonchev–Trinajstić information content (AvgIpc) is 2.72. The van der Waals surface area contributed by atoms with Crippen LogP contribution in [-0.4, -0.2) is 0 Å². The predicted octanol–water partition coefficient (Wildman–Crippen LogP) is 7.17. The molecule has 146 valence electrons. The molecule has 0 N–H and O–H groups in total. The Kier molecular flexibility index (Phi) is 7.04. The van der Waals surface area contributed by atoms with Gasteiger partial charge in [-0.1, -0.05) is 37.0 Å². The first-order valence-corrected chi connectivity index (χ1v) is 10.3. The van der Waals surface area contributed by atoms with E-state index >= 15 is 0 Å². The second-order valence-corrected chi connectivity index (χ2v) is 7.74. The Labute approximate surface area is 167 Å². The number of hydrogen-bond donors (Lipinski definition) is 0. The lowest BCUT2D eigenvalue weighted by Gasteiger charge is -2.28. The van der Waals surface area contributed by atoms with Crippen molar-refractivity contribution in [2.45, 2.75) is 57.8 Å². The number of hydrogen-bond acceptors (Lipinski definition) is 0. The summed E-state index contributed by atoms with van der Waals surface area (Å²) in [6, 6.07) is 10.7. The normalized spacial score (nSPS) is 19.0. The maximum absolute atomic E-state index is 14.6. The van der Waals surface area contributed by atoms with Gasteiger partial charge >= 0.3 is 0 Å². The summed E-state index contributed by atoms with van der Waals surface area (Å²) in [5.41, 5.74) is 2.61. The molecule has 1 aliphatic rings. The van der Waals surface area contributed by atoms with Crippen LogP contribution >= 0.6 is 0 Å². The van der Waals surface area contributed by atoms with Crippen LogP contribution in [0.2, 0.25) is 0 Å². The van der Waals surface area contributed by atoms with Gasteiger partial charge in [-0.2, -0.15) is 0 Å². The Morgan fingerprint density at radius 3 is 2.21 bits per heavy atom. The van der Waals surface area contributed by atoms with E-state index in [0.717, 1.165) is 49.7 Å². The van der Waals surface area contributed by atoms with Crippen LogP contribution in [-0.2, 0) is 6.42 Å². The van der Waals surface area contributed by atoms with E-state index in [9.17, 15) is 8.78 Å². The number of benzene rings is 2. The Morgan fingerprint density at radius 1 is 1.00 bits per heavy atom. The highest BCUT2D eigenvalue weighted by Crippen LogP contribution is 2.38. The summed E-state index contributed by atoms with van der Waals surface area (Å²) < 4.78 is 29.2. The van der Waals surface area contributed by atoms with Crippen molar-refractivity contribution in [3.63, 3.8) is 0 Å². The summed E-state index contributed by atoms with van der Waals surface area (Å²) in [4.78, 5) is 0. The van der Waals surface area contributed by atoms with Gasteiger partial charge in [0.05, 0.1) is 5.56 Å². The molecule has 0 amide bonds. The predicted molar refractivity (Wildman–Crippen MR) is 112 cm³/mol. The van der Waals surface area contributed by atoms with Crippen LogP contribution in [0.1, 0.15) is 73.6 Å². The van der Waals surface area contributed by atoms with Gasteiger partial charge in [0.1, 0.15) is 11.6 Å². The maximum Gasteiger partial charge on any atom is 0.142 e. The Bertz CT molecular complexity index is 837. The zero-order valence-corrected chi connectivity index (χ0v) is 16.6. The second-order valence-electron chi connectivity index (χ2n) is 7.74. The van der Waals surface area contributed by atoms with Crippen molar-refractivity contribution >= 4 is 0 Å². The van der Waals surface area contributed by atoms with Gasteiger partial charge in [-0.25, -0.2) is 8.78 Å². The van der Waals surface area contributed by atoms with Crippen LogP contribution in [0.3, 0.4) is 0 Å². The molecule has 0 unspecified atom stereocenters. The molecule has 2 heteroatoms. The topological polar surface area (TPSA) is 0 Å². The van der Waals surface area contributed by atoms with Gasteiger partial charge < -0.3 is 0 Å². The fourth-order valence-electron chi connectivity index (χ4n) is 4.04. The standard InChI is InChI=1S/C26H28F2/c1-3-5-6-20-11-14-22(15-12-20)23-17-25(27)24(26(28)18-23)16-13-21-9-7-19(4-2)8-10-21/h3,7-10,17-18,20,22H,1,4-6,11-12,14-15H2,2H3/t20-,22-. The molecule has 1 fully saturated rings. The molecule has 1 aliphatic carbocycles. The third kappa shape index (κ3) is 5.10. The zero-order chi connectivity index (χ0) is 19.9. The minimum Gasteiger partial charge on any atom is -0.206 e. The first kappa shape index (κ1) is 20.3. The van der Waals surface area contributed by atoms with Crippen LogP contribution in [0.5, 0.6) is 0 Å². The quantitative estimate of drug-likeness (QED) is 0.382. The third-order valence-corrected chi connectivity index (χ3v) is 5.86. The number of allylic oxidation sites excluding steroid dienone is 1. The van der Waals surface area contributed by atoms with Crippen molar-refractivity contribution in [2.24, 2.45) is 5.92 Å². The van der Waals surface area contributed by atoms with Gasteiger partial charge in [-0.05, 0) is 92.2 Å². The van der Waals surface area contributed by atoms with Gasteiger partial charge in [-0.15, -0.1) is 6.58 Å². The fraction of sp³-hybridized carbons (Fsp3) is 0.385. The lowest BCUT2D eigenvalue weighted by Crippen LogP contribution is -2.14. The largest absolute Gasteiger partial charge is 0.206 e. The van der Waals surface area contributed by atoms with E-state index in [4.69, 9.17) is 0 Å². The molecule has 0 spiro atoms. The molecule has 0 heterocycles. The first-order valence-electron chi connectivity index (χ1n) is 10.3. The van der Waals surface area contributed by atoms with Crippen LogP contribution in [0.25, 0.3) is 0 Å². The number of halogens is 2. The number of rotatable bonds is 5. The molecule has 2 aromatic carbocycles. The van der Waals surface area contributed by atoms with Crippen LogP contribution < -0.4 is 0 Å². The SMILES string of the molecule is C=CCC[C@H]1CC[C@H](c2cc(F)c(C#Cc3ccc(CC)cc3)c(F)c2)CC1. The summed E-state index contributed by atoms with van der Waals surface area (Å²) in [7, 11) is 0. The smallest absolute Gasteiger partial charge is 0.142 e. The van der Waals surface area contributed by atoms with E-state index in [0.29, 0.717) is 5.92 Å².